The van der Waals surface area contributed by atoms with Crippen LogP contribution in [0, 0.1) is 5.82 Å². The van der Waals surface area contributed by atoms with Gasteiger partial charge in [-0.25, -0.2) is 9.40 Å². The maximum absolute atomic E-state index is 14.6. The number of ether oxygens (including phenoxy) is 2. The highest BCUT2D eigenvalue weighted by Gasteiger charge is 2.42. The Balaban J connectivity index is 1.63. The molecule has 2 heterocycles. The number of methoxy groups -OCH3 is 1. The van der Waals surface area contributed by atoms with Crippen LogP contribution in [0.25, 0.3) is 0 Å². The van der Waals surface area contributed by atoms with Gasteiger partial charge in [0.05, 0.1) is 24.4 Å². The fourth-order valence-electron chi connectivity index (χ4n) is 3.95. The monoisotopic (exact) mass is 390 g/mol. The average Bonchev–Trinajstić information content (AvgIpc) is 3.19. The van der Waals surface area contributed by atoms with E-state index in [-0.39, 0.29) is 17.6 Å². The van der Waals surface area contributed by atoms with Crippen molar-refractivity contribution in [2.45, 2.75) is 18.7 Å². The van der Waals surface area contributed by atoms with E-state index in [0.29, 0.717) is 34.8 Å². The van der Waals surface area contributed by atoms with Crippen LogP contribution < -0.4 is 9.47 Å². The number of halogens is 1. The van der Waals surface area contributed by atoms with Gasteiger partial charge in [-0.2, -0.15) is 5.10 Å². The molecule has 5 nitrogen and oxygen atoms in total. The van der Waals surface area contributed by atoms with Gasteiger partial charge in [-0.3, -0.25) is 0 Å². The molecule has 2 aliphatic heterocycles. The van der Waals surface area contributed by atoms with Crippen molar-refractivity contribution in [3.05, 3.63) is 89.2 Å². The number of hydrazone groups is 1. The highest BCUT2D eigenvalue weighted by Crippen LogP contribution is 2.48. The first-order valence-electron chi connectivity index (χ1n) is 9.39. The Labute approximate surface area is 167 Å². The lowest BCUT2D eigenvalue weighted by atomic mass is 9.95. The summed E-state index contributed by atoms with van der Waals surface area (Å²) in [4.78, 5) is 0. The molecule has 0 aliphatic carbocycles. The second kappa shape index (κ2) is 6.81. The van der Waals surface area contributed by atoms with Gasteiger partial charge in [0.15, 0.2) is 0 Å². The predicted octanol–water partition coefficient (Wildman–Crippen LogP) is 4.78. The summed E-state index contributed by atoms with van der Waals surface area (Å²) in [5.41, 5.74) is 2.71. The molecule has 1 N–H and O–H groups in total. The van der Waals surface area contributed by atoms with Crippen molar-refractivity contribution in [2.24, 2.45) is 5.10 Å². The van der Waals surface area contributed by atoms with Crippen LogP contribution in [0.5, 0.6) is 17.2 Å². The summed E-state index contributed by atoms with van der Waals surface area (Å²) in [6.45, 7) is 0. The van der Waals surface area contributed by atoms with Gasteiger partial charge in [0.25, 0.3) is 0 Å². The zero-order valence-electron chi connectivity index (χ0n) is 15.7. The Morgan fingerprint density at radius 2 is 1.83 bits per heavy atom. The number of hydrogen-bond donors (Lipinski definition) is 1. The Morgan fingerprint density at radius 3 is 2.62 bits per heavy atom. The minimum absolute atomic E-state index is 0.120. The number of phenolic OH excluding ortho intramolecular Hbond substituents is 1. The van der Waals surface area contributed by atoms with Crippen LogP contribution in [-0.2, 0) is 0 Å². The third kappa shape index (κ3) is 2.88. The average molecular weight is 390 g/mol. The summed E-state index contributed by atoms with van der Waals surface area (Å²) in [6, 6.07) is 19.2. The molecule has 2 aliphatic rings. The zero-order valence-corrected chi connectivity index (χ0v) is 15.7. The topological polar surface area (TPSA) is 54.3 Å². The lowest BCUT2D eigenvalue weighted by molar-refractivity contribution is -0.0212. The van der Waals surface area contributed by atoms with Gasteiger partial charge in [-0.1, -0.05) is 36.4 Å². The minimum Gasteiger partial charge on any atom is -0.507 e. The molecule has 146 valence electrons. The number of phenols is 1. The second-order valence-corrected chi connectivity index (χ2v) is 7.06. The lowest BCUT2D eigenvalue weighted by Gasteiger charge is -2.38. The molecule has 3 aromatic rings. The molecule has 6 heteroatoms. The Morgan fingerprint density at radius 1 is 1.07 bits per heavy atom. The molecule has 0 unspecified atom stereocenters. The van der Waals surface area contributed by atoms with Crippen LogP contribution in [0.15, 0.2) is 71.8 Å². The number of fused-ring (bicyclic) bond motifs is 3. The van der Waals surface area contributed by atoms with Gasteiger partial charge in [0, 0.05) is 17.5 Å². The molecule has 0 saturated carbocycles. The molecule has 2 atom stereocenters. The Kier molecular flexibility index (Phi) is 4.12. The van der Waals surface area contributed by atoms with E-state index in [1.54, 1.807) is 48.5 Å². The Bertz CT molecular complexity index is 1110. The van der Waals surface area contributed by atoms with Gasteiger partial charge in [-0.05, 0) is 30.3 Å². The number of aromatic hydroxyl groups is 1. The molecule has 0 saturated heterocycles. The quantitative estimate of drug-likeness (QED) is 0.699. The molecule has 0 aromatic heterocycles. The fraction of sp³-hybridized carbons (Fsp3) is 0.174. The van der Waals surface area contributed by atoms with Gasteiger partial charge in [0.1, 0.15) is 23.1 Å². The van der Waals surface area contributed by atoms with Crippen LogP contribution in [0.1, 0.15) is 35.4 Å². The van der Waals surface area contributed by atoms with Crippen molar-refractivity contribution in [2.75, 3.05) is 7.11 Å². The van der Waals surface area contributed by atoms with Crippen molar-refractivity contribution < 1.29 is 19.0 Å². The third-order valence-electron chi connectivity index (χ3n) is 5.38. The highest BCUT2D eigenvalue weighted by molar-refractivity contribution is 6.04. The number of nitrogens with zero attached hydrogens (tertiary/aromatic N) is 2. The number of para-hydroxylation sites is 1. The standard InChI is InChI=1S/C23H19FN2O3/c1-28-14-10-11-21(27)17(12-14)19-13-20-16-7-3-5-9-22(16)29-23(26(20)25-19)15-6-2-4-8-18(15)24/h2-12,20,23,27H,13H2,1H3/t20-,23+/m1/s1. The van der Waals surface area contributed by atoms with Crippen molar-refractivity contribution in [1.29, 1.82) is 0 Å². The largest absolute Gasteiger partial charge is 0.507 e. The zero-order chi connectivity index (χ0) is 20.0. The van der Waals surface area contributed by atoms with E-state index < -0.39 is 6.23 Å². The van der Waals surface area contributed by atoms with Gasteiger partial charge in [-0.15, -0.1) is 0 Å². The fourth-order valence-corrected chi connectivity index (χ4v) is 3.95. The summed E-state index contributed by atoms with van der Waals surface area (Å²) in [5.74, 6) is 1.13. The number of hydrogen-bond acceptors (Lipinski definition) is 5. The van der Waals surface area contributed by atoms with E-state index in [9.17, 15) is 9.50 Å². The van der Waals surface area contributed by atoms with Crippen LogP contribution in [-0.4, -0.2) is 22.9 Å². The molecule has 0 bridgehead atoms. The summed E-state index contributed by atoms with van der Waals surface area (Å²) in [5, 5.41) is 16.9. The Hall–Kier alpha value is -3.54. The molecule has 0 amide bonds. The molecular formula is C23H19FN2O3. The second-order valence-electron chi connectivity index (χ2n) is 7.06. The van der Waals surface area contributed by atoms with Gasteiger partial charge >= 0.3 is 0 Å². The summed E-state index contributed by atoms with van der Waals surface area (Å²) in [6.07, 6.45) is -0.132. The normalized spacial score (nSPS) is 19.8. The molecule has 0 spiro atoms. The van der Waals surface area contributed by atoms with E-state index in [0.717, 1.165) is 5.56 Å². The van der Waals surface area contributed by atoms with E-state index in [1.807, 2.05) is 24.3 Å². The third-order valence-corrected chi connectivity index (χ3v) is 5.38. The minimum atomic E-state index is -0.693. The lowest BCUT2D eigenvalue weighted by Crippen LogP contribution is -2.34. The molecular weight excluding hydrogens is 371 g/mol. The van der Waals surface area contributed by atoms with Crippen LogP contribution >= 0.6 is 0 Å². The van der Waals surface area contributed by atoms with E-state index in [2.05, 4.69) is 0 Å². The summed E-state index contributed by atoms with van der Waals surface area (Å²) < 4.78 is 26.0. The number of benzene rings is 3. The maximum Gasteiger partial charge on any atom is 0.216 e. The molecule has 0 radical (unpaired) electrons. The number of rotatable bonds is 3. The van der Waals surface area contributed by atoms with Crippen molar-refractivity contribution in [3.63, 3.8) is 0 Å². The van der Waals surface area contributed by atoms with Crippen molar-refractivity contribution in [3.8, 4) is 17.2 Å². The van der Waals surface area contributed by atoms with Gasteiger partial charge in [0.2, 0.25) is 6.23 Å². The molecule has 29 heavy (non-hydrogen) atoms. The van der Waals surface area contributed by atoms with Crippen molar-refractivity contribution in [1.82, 2.24) is 5.01 Å². The highest BCUT2D eigenvalue weighted by atomic mass is 19.1. The molecule has 5 rings (SSSR count). The first-order chi connectivity index (χ1) is 14.2. The maximum atomic E-state index is 14.6. The van der Waals surface area contributed by atoms with Gasteiger partial charge < -0.3 is 14.6 Å². The van der Waals surface area contributed by atoms with E-state index >= 15 is 0 Å². The van der Waals surface area contributed by atoms with Crippen LogP contribution in [0.4, 0.5) is 4.39 Å². The van der Waals surface area contributed by atoms with E-state index in [4.69, 9.17) is 14.6 Å². The SMILES string of the molecule is COc1ccc(O)c(C2=NN3[C@H](C2)c2ccccc2O[C@H]3c2ccccc2F)c1. The smallest absolute Gasteiger partial charge is 0.216 e. The predicted molar refractivity (Wildman–Crippen MR) is 107 cm³/mol. The molecule has 3 aromatic carbocycles. The van der Waals surface area contributed by atoms with E-state index in [1.165, 1.54) is 6.07 Å². The van der Waals surface area contributed by atoms with Crippen molar-refractivity contribution >= 4 is 5.71 Å². The van der Waals surface area contributed by atoms with Crippen LogP contribution in [0.3, 0.4) is 0 Å². The summed E-state index contributed by atoms with van der Waals surface area (Å²) in [7, 11) is 1.58. The first kappa shape index (κ1) is 17.6. The summed E-state index contributed by atoms with van der Waals surface area (Å²) >= 11 is 0. The first-order valence-corrected chi connectivity index (χ1v) is 9.39. The molecule has 0 fully saturated rings. The van der Waals surface area contributed by atoms with Crippen LogP contribution in [0.2, 0.25) is 0 Å².